The third kappa shape index (κ3) is 3.66. The fourth-order valence-electron chi connectivity index (χ4n) is 3.57. The van der Waals surface area contributed by atoms with E-state index >= 15 is 0 Å². The molecule has 0 spiro atoms. The van der Waals surface area contributed by atoms with Gasteiger partial charge in [0.25, 0.3) is 10.0 Å². The molecule has 8 heteroatoms. The second-order valence-electron chi connectivity index (χ2n) is 7.01. The summed E-state index contributed by atoms with van der Waals surface area (Å²) < 4.78 is 29.4. The van der Waals surface area contributed by atoms with Gasteiger partial charge in [0, 0.05) is 50.6 Å². The Bertz CT molecular complexity index is 666. The molecule has 24 heavy (non-hydrogen) atoms. The molecule has 0 saturated carbocycles. The molecule has 2 aliphatic rings. The largest absolute Gasteiger partial charge is 0.336 e. The van der Waals surface area contributed by atoms with Crippen LogP contribution in [0, 0.1) is 0 Å². The fraction of sp³-hybridized carbons (Fsp3) is 0.812. The van der Waals surface area contributed by atoms with E-state index in [0.717, 1.165) is 25.3 Å². The molecule has 0 bridgehead atoms. The summed E-state index contributed by atoms with van der Waals surface area (Å²) in [6.45, 7) is 7.04. The van der Waals surface area contributed by atoms with E-state index in [1.807, 2.05) is 37.2 Å². The molecule has 6 nitrogen and oxygen atoms in total. The average molecular weight is 373 g/mol. The molecule has 3 heterocycles. The minimum absolute atomic E-state index is 0.193. The van der Waals surface area contributed by atoms with E-state index in [9.17, 15) is 8.42 Å². The molecule has 2 aliphatic heterocycles. The number of sulfonamides is 1. The van der Waals surface area contributed by atoms with Crippen molar-refractivity contribution >= 4 is 21.8 Å². The van der Waals surface area contributed by atoms with Crippen LogP contribution in [0.2, 0.25) is 0 Å². The number of nitrogens with zero attached hydrogens (tertiary/aromatic N) is 4. The maximum absolute atomic E-state index is 13.0. The van der Waals surface area contributed by atoms with E-state index in [0.29, 0.717) is 19.1 Å². The molecule has 136 valence electrons. The summed E-state index contributed by atoms with van der Waals surface area (Å²) in [6.07, 6.45) is 3.78. The highest BCUT2D eigenvalue weighted by Crippen LogP contribution is 2.25. The van der Waals surface area contributed by atoms with E-state index < -0.39 is 10.0 Å². The zero-order valence-corrected chi connectivity index (χ0v) is 16.4. The van der Waals surface area contributed by atoms with Gasteiger partial charge in [-0.1, -0.05) is 13.8 Å². The molecule has 0 aliphatic carbocycles. The predicted molar refractivity (Wildman–Crippen MR) is 98.0 cm³/mol. The SMILES string of the molecule is CC(C)c1nc(S(=O)(=O)N2CCCN(C3CCSC3)CC2)cn1C. The Labute approximate surface area is 149 Å². The molecule has 1 atom stereocenters. The van der Waals surface area contributed by atoms with Gasteiger partial charge in [0.15, 0.2) is 5.03 Å². The number of aromatic nitrogens is 2. The smallest absolute Gasteiger partial charge is 0.262 e. The molecule has 1 aromatic rings. The lowest BCUT2D eigenvalue weighted by molar-refractivity contribution is 0.223. The van der Waals surface area contributed by atoms with Crippen molar-refractivity contribution in [3.05, 3.63) is 12.0 Å². The highest BCUT2D eigenvalue weighted by atomic mass is 32.2. The summed E-state index contributed by atoms with van der Waals surface area (Å²) in [7, 11) is -1.63. The van der Waals surface area contributed by atoms with E-state index in [-0.39, 0.29) is 10.9 Å². The van der Waals surface area contributed by atoms with Crippen LogP contribution in [0.1, 0.15) is 38.4 Å². The summed E-state index contributed by atoms with van der Waals surface area (Å²) in [5.41, 5.74) is 0. The van der Waals surface area contributed by atoms with Gasteiger partial charge in [0.2, 0.25) is 0 Å². The Morgan fingerprint density at radius 3 is 2.67 bits per heavy atom. The van der Waals surface area contributed by atoms with Crippen LogP contribution in [0.4, 0.5) is 0 Å². The predicted octanol–water partition coefficient (Wildman–Crippen LogP) is 1.75. The van der Waals surface area contributed by atoms with Gasteiger partial charge in [0.05, 0.1) is 0 Å². The molecule has 0 aromatic carbocycles. The lowest BCUT2D eigenvalue weighted by Crippen LogP contribution is -2.39. The Hall–Kier alpha value is -0.570. The third-order valence-corrected chi connectivity index (χ3v) is 7.84. The first-order chi connectivity index (χ1) is 11.4. The molecule has 2 fully saturated rings. The summed E-state index contributed by atoms with van der Waals surface area (Å²) in [6, 6.07) is 0.625. The van der Waals surface area contributed by atoms with E-state index in [2.05, 4.69) is 9.88 Å². The Kier molecular flexibility index (Phi) is 5.58. The number of hydrogen-bond donors (Lipinski definition) is 0. The van der Waals surface area contributed by atoms with E-state index in [1.54, 1.807) is 10.5 Å². The van der Waals surface area contributed by atoms with Crippen molar-refractivity contribution in [2.24, 2.45) is 7.05 Å². The second-order valence-corrected chi connectivity index (χ2v) is 10.0. The van der Waals surface area contributed by atoms with Crippen LogP contribution in [0.3, 0.4) is 0 Å². The van der Waals surface area contributed by atoms with Gasteiger partial charge < -0.3 is 4.57 Å². The van der Waals surface area contributed by atoms with Crippen LogP contribution in [-0.4, -0.2) is 70.9 Å². The third-order valence-electron chi connectivity index (χ3n) is 4.92. The van der Waals surface area contributed by atoms with Crippen molar-refractivity contribution in [1.82, 2.24) is 18.8 Å². The molecule has 1 aromatic heterocycles. The fourth-order valence-corrected chi connectivity index (χ4v) is 6.29. The molecule has 1 unspecified atom stereocenters. The lowest BCUT2D eigenvalue weighted by Gasteiger charge is -2.26. The van der Waals surface area contributed by atoms with Gasteiger partial charge in [-0.3, -0.25) is 4.90 Å². The van der Waals surface area contributed by atoms with Crippen LogP contribution in [0.5, 0.6) is 0 Å². The molecule has 0 amide bonds. The minimum Gasteiger partial charge on any atom is -0.336 e. The lowest BCUT2D eigenvalue weighted by atomic mass is 10.2. The number of hydrogen-bond acceptors (Lipinski definition) is 5. The van der Waals surface area contributed by atoms with E-state index in [4.69, 9.17) is 0 Å². The molecule has 2 saturated heterocycles. The standard InChI is InChI=1S/C16H28N4O2S2/c1-13(2)16-17-15(11-18(16)3)24(21,22)20-7-4-6-19(8-9-20)14-5-10-23-12-14/h11,13-14H,4-10,12H2,1-3H3. The normalized spacial score (nSPS) is 24.6. The highest BCUT2D eigenvalue weighted by Gasteiger charge is 2.32. The zero-order chi connectivity index (χ0) is 17.3. The van der Waals surface area contributed by atoms with Gasteiger partial charge in [-0.05, 0) is 25.1 Å². The maximum Gasteiger partial charge on any atom is 0.262 e. The van der Waals surface area contributed by atoms with Gasteiger partial charge in [0.1, 0.15) is 5.82 Å². The minimum atomic E-state index is -3.50. The van der Waals surface area contributed by atoms with Crippen molar-refractivity contribution in [3.63, 3.8) is 0 Å². The first-order valence-corrected chi connectivity index (χ1v) is 11.3. The van der Waals surface area contributed by atoms with Crippen LogP contribution >= 0.6 is 11.8 Å². The average Bonchev–Trinajstić information content (AvgIpc) is 3.12. The Morgan fingerprint density at radius 2 is 2.04 bits per heavy atom. The van der Waals surface area contributed by atoms with Crippen molar-refractivity contribution in [2.75, 3.05) is 37.7 Å². The van der Waals surface area contributed by atoms with Crippen LogP contribution in [0.25, 0.3) is 0 Å². The van der Waals surface area contributed by atoms with Gasteiger partial charge in [-0.2, -0.15) is 16.1 Å². The number of aryl methyl sites for hydroxylation is 1. The summed E-state index contributed by atoms with van der Waals surface area (Å²) in [5, 5.41) is 0.193. The van der Waals surface area contributed by atoms with Crippen molar-refractivity contribution in [3.8, 4) is 0 Å². The van der Waals surface area contributed by atoms with Gasteiger partial charge in [-0.15, -0.1) is 0 Å². The van der Waals surface area contributed by atoms with Gasteiger partial charge in [-0.25, -0.2) is 13.4 Å². The number of imidazole rings is 1. The zero-order valence-electron chi connectivity index (χ0n) is 14.8. The molecular weight excluding hydrogens is 344 g/mol. The van der Waals surface area contributed by atoms with Crippen LogP contribution < -0.4 is 0 Å². The topological polar surface area (TPSA) is 58.4 Å². The second kappa shape index (κ2) is 7.35. The van der Waals surface area contributed by atoms with Crippen LogP contribution in [0.15, 0.2) is 11.2 Å². The first kappa shape index (κ1) is 18.2. The summed E-state index contributed by atoms with van der Waals surface area (Å²) in [5.74, 6) is 3.44. The Balaban J connectivity index is 1.74. The van der Waals surface area contributed by atoms with Crippen LogP contribution in [-0.2, 0) is 17.1 Å². The molecule has 0 radical (unpaired) electrons. The first-order valence-electron chi connectivity index (χ1n) is 8.75. The van der Waals surface area contributed by atoms with E-state index in [1.165, 1.54) is 17.9 Å². The summed E-state index contributed by atoms with van der Waals surface area (Å²) >= 11 is 2.01. The molecule has 3 rings (SSSR count). The summed E-state index contributed by atoms with van der Waals surface area (Å²) in [4.78, 5) is 6.88. The quantitative estimate of drug-likeness (QED) is 0.806. The molecular formula is C16H28N4O2S2. The monoisotopic (exact) mass is 372 g/mol. The number of thioether (sulfide) groups is 1. The maximum atomic E-state index is 13.0. The van der Waals surface area contributed by atoms with Crippen molar-refractivity contribution in [1.29, 1.82) is 0 Å². The Morgan fingerprint density at radius 1 is 1.25 bits per heavy atom. The van der Waals surface area contributed by atoms with Crippen molar-refractivity contribution < 1.29 is 8.42 Å². The molecule has 0 N–H and O–H groups in total. The van der Waals surface area contributed by atoms with Crippen molar-refractivity contribution in [2.45, 2.75) is 43.7 Å². The van der Waals surface area contributed by atoms with Gasteiger partial charge >= 0.3 is 0 Å². The highest BCUT2D eigenvalue weighted by molar-refractivity contribution is 7.99. The number of rotatable bonds is 4.